The maximum absolute atomic E-state index is 5.91. The van der Waals surface area contributed by atoms with Crippen LogP contribution in [0.5, 0.6) is 0 Å². The maximum Gasteiger partial charge on any atom is 0.136 e. The van der Waals surface area contributed by atoms with Gasteiger partial charge in [0, 0.05) is 23.7 Å². The zero-order valence-corrected chi connectivity index (χ0v) is 11.4. The van der Waals surface area contributed by atoms with Gasteiger partial charge in [0.2, 0.25) is 0 Å². The van der Waals surface area contributed by atoms with E-state index in [0.29, 0.717) is 18.1 Å². The molecule has 2 fully saturated rings. The molecule has 4 nitrogen and oxygen atoms in total. The van der Waals surface area contributed by atoms with Crippen molar-refractivity contribution in [2.45, 2.75) is 58.2 Å². The molecule has 0 aliphatic carbocycles. The lowest BCUT2D eigenvalue weighted by atomic mass is 9.88. The van der Waals surface area contributed by atoms with E-state index in [-0.39, 0.29) is 0 Å². The van der Waals surface area contributed by atoms with E-state index in [9.17, 15) is 0 Å². The summed E-state index contributed by atoms with van der Waals surface area (Å²) in [6.07, 6.45) is 4.28. The summed E-state index contributed by atoms with van der Waals surface area (Å²) in [5.74, 6) is 2.37. The third kappa shape index (κ3) is 1.88. The number of nitrogens with one attached hydrogen (secondary N) is 1. The van der Waals surface area contributed by atoms with E-state index in [1.54, 1.807) is 0 Å². The van der Waals surface area contributed by atoms with Crippen LogP contribution in [0.25, 0.3) is 0 Å². The minimum atomic E-state index is 0.353. The first-order valence-electron chi connectivity index (χ1n) is 6.93. The topological polar surface area (TPSA) is 47.0 Å². The summed E-state index contributed by atoms with van der Waals surface area (Å²) in [6.45, 7) is 7.13. The number of anilines is 1. The highest BCUT2D eigenvalue weighted by molar-refractivity contribution is 5.45. The van der Waals surface area contributed by atoms with Gasteiger partial charge in [0.05, 0.1) is 12.2 Å². The Balaban J connectivity index is 1.92. The van der Waals surface area contributed by atoms with Crippen molar-refractivity contribution in [1.82, 2.24) is 9.97 Å². The lowest BCUT2D eigenvalue weighted by Crippen LogP contribution is -2.19. The second kappa shape index (κ2) is 4.50. The van der Waals surface area contributed by atoms with Crippen LogP contribution in [0.2, 0.25) is 0 Å². The van der Waals surface area contributed by atoms with Crippen molar-refractivity contribution in [2.24, 2.45) is 0 Å². The Labute approximate surface area is 108 Å². The molecular weight excluding hydrogens is 226 g/mol. The molecular formula is C14H21N3O. The van der Waals surface area contributed by atoms with Crippen molar-refractivity contribution in [3.63, 3.8) is 0 Å². The number of aryl methyl sites for hydroxylation is 1. The predicted molar refractivity (Wildman–Crippen MR) is 70.9 cm³/mol. The molecule has 2 saturated heterocycles. The average molecular weight is 247 g/mol. The van der Waals surface area contributed by atoms with E-state index in [1.807, 2.05) is 0 Å². The van der Waals surface area contributed by atoms with Gasteiger partial charge in [0.1, 0.15) is 11.6 Å². The second-order valence-corrected chi connectivity index (χ2v) is 5.39. The molecule has 3 heterocycles. The van der Waals surface area contributed by atoms with Crippen molar-refractivity contribution < 1.29 is 4.74 Å². The Morgan fingerprint density at radius 3 is 2.72 bits per heavy atom. The van der Waals surface area contributed by atoms with Crippen LogP contribution in [0.4, 0.5) is 5.82 Å². The Morgan fingerprint density at radius 1 is 1.28 bits per heavy atom. The molecule has 3 unspecified atom stereocenters. The monoisotopic (exact) mass is 247 g/mol. The van der Waals surface area contributed by atoms with Crippen LogP contribution in [-0.4, -0.2) is 28.7 Å². The van der Waals surface area contributed by atoms with Gasteiger partial charge in [-0.05, 0) is 40.0 Å². The number of hydrogen-bond acceptors (Lipinski definition) is 4. The molecule has 2 aliphatic rings. The van der Waals surface area contributed by atoms with Gasteiger partial charge in [-0.2, -0.15) is 0 Å². The van der Waals surface area contributed by atoms with E-state index in [1.165, 1.54) is 12.8 Å². The lowest BCUT2D eigenvalue weighted by molar-refractivity contribution is 0.0998. The van der Waals surface area contributed by atoms with Crippen molar-refractivity contribution in [2.75, 3.05) is 11.9 Å². The fourth-order valence-corrected chi connectivity index (χ4v) is 3.07. The molecule has 0 saturated carbocycles. The standard InChI is InChI=1S/C14H21N3O/c1-4-15-13-8(2)9(3)16-14(17-13)11-7-10-5-6-12(11)18-10/h10-12H,4-7H2,1-3H3,(H,15,16,17). The van der Waals surface area contributed by atoms with Crippen molar-refractivity contribution in [1.29, 1.82) is 0 Å². The van der Waals surface area contributed by atoms with E-state index < -0.39 is 0 Å². The second-order valence-electron chi connectivity index (χ2n) is 5.39. The van der Waals surface area contributed by atoms with Gasteiger partial charge in [-0.1, -0.05) is 0 Å². The molecule has 4 heteroatoms. The molecule has 0 radical (unpaired) electrons. The SMILES string of the molecule is CCNc1nc(C2CC3CCC2O3)nc(C)c1C. The number of aromatic nitrogens is 2. The molecule has 2 aliphatic heterocycles. The van der Waals surface area contributed by atoms with Gasteiger partial charge in [0.15, 0.2) is 0 Å². The van der Waals surface area contributed by atoms with Crippen LogP contribution < -0.4 is 5.32 Å². The molecule has 1 aromatic heterocycles. The fourth-order valence-electron chi connectivity index (χ4n) is 3.07. The van der Waals surface area contributed by atoms with Crippen LogP contribution in [0.3, 0.4) is 0 Å². The molecule has 1 aromatic rings. The summed E-state index contributed by atoms with van der Waals surface area (Å²) in [4.78, 5) is 9.41. The van der Waals surface area contributed by atoms with Crippen molar-refractivity contribution >= 4 is 5.82 Å². The van der Waals surface area contributed by atoms with Gasteiger partial charge < -0.3 is 10.1 Å². The third-order valence-electron chi connectivity index (χ3n) is 4.19. The predicted octanol–water partition coefficient (Wildman–Crippen LogP) is 2.56. The molecule has 98 valence electrons. The van der Waals surface area contributed by atoms with Crippen molar-refractivity contribution in [3.05, 3.63) is 17.1 Å². The van der Waals surface area contributed by atoms with Crippen LogP contribution in [0.15, 0.2) is 0 Å². The summed E-state index contributed by atoms with van der Waals surface area (Å²) in [5, 5.41) is 3.33. The Hall–Kier alpha value is -1.16. The van der Waals surface area contributed by atoms with E-state index in [4.69, 9.17) is 9.72 Å². The first-order chi connectivity index (χ1) is 8.69. The van der Waals surface area contributed by atoms with Gasteiger partial charge in [-0.25, -0.2) is 9.97 Å². The van der Waals surface area contributed by atoms with Gasteiger partial charge in [-0.3, -0.25) is 0 Å². The van der Waals surface area contributed by atoms with Crippen molar-refractivity contribution in [3.8, 4) is 0 Å². The number of hydrogen-bond donors (Lipinski definition) is 1. The molecule has 18 heavy (non-hydrogen) atoms. The average Bonchev–Trinajstić information content (AvgIpc) is 2.97. The Kier molecular flexibility index (Phi) is 2.98. The van der Waals surface area contributed by atoms with Gasteiger partial charge >= 0.3 is 0 Å². The Morgan fingerprint density at radius 2 is 2.11 bits per heavy atom. The highest BCUT2D eigenvalue weighted by atomic mass is 16.5. The van der Waals surface area contributed by atoms with Crippen LogP contribution in [0, 0.1) is 13.8 Å². The minimum absolute atomic E-state index is 0.353. The quantitative estimate of drug-likeness (QED) is 0.891. The minimum Gasteiger partial charge on any atom is -0.374 e. The first kappa shape index (κ1) is 11.9. The third-order valence-corrected chi connectivity index (χ3v) is 4.19. The highest BCUT2D eigenvalue weighted by Crippen LogP contribution is 2.43. The molecule has 0 amide bonds. The highest BCUT2D eigenvalue weighted by Gasteiger charge is 2.43. The molecule has 0 spiro atoms. The fraction of sp³-hybridized carbons (Fsp3) is 0.714. The normalized spacial score (nSPS) is 29.8. The van der Waals surface area contributed by atoms with Gasteiger partial charge in [-0.15, -0.1) is 0 Å². The van der Waals surface area contributed by atoms with Crippen LogP contribution >= 0.6 is 0 Å². The zero-order valence-electron chi connectivity index (χ0n) is 11.4. The summed E-state index contributed by atoms with van der Waals surface area (Å²) >= 11 is 0. The van der Waals surface area contributed by atoms with Crippen LogP contribution in [0.1, 0.15) is 49.2 Å². The zero-order chi connectivity index (χ0) is 12.7. The number of ether oxygens (including phenoxy) is 1. The number of fused-ring (bicyclic) bond motifs is 2. The first-order valence-corrected chi connectivity index (χ1v) is 6.93. The number of nitrogens with zero attached hydrogens (tertiary/aromatic N) is 2. The summed E-state index contributed by atoms with van der Waals surface area (Å²) in [5.41, 5.74) is 2.24. The van der Waals surface area contributed by atoms with E-state index in [2.05, 4.69) is 31.1 Å². The number of rotatable bonds is 3. The summed E-state index contributed by atoms with van der Waals surface area (Å²) in [7, 11) is 0. The largest absolute Gasteiger partial charge is 0.374 e. The van der Waals surface area contributed by atoms with E-state index in [0.717, 1.165) is 35.9 Å². The van der Waals surface area contributed by atoms with E-state index >= 15 is 0 Å². The summed E-state index contributed by atoms with van der Waals surface area (Å²) in [6, 6.07) is 0. The smallest absolute Gasteiger partial charge is 0.136 e. The van der Waals surface area contributed by atoms with Gasteiger partial charge in [0.25, 0.3) is 0 Å². The molecule has 0 aromatic carbocycles. The molecule has 3 atom stereocenters. The molecule has 2 bridgehead atoms. The van der Waals surface area contributed by atoms with Crippen LogP contribution in [-0.2, 0) is 4.74 Å². The maximum atomic E-state index is 5.91. The Bertz CT molecular complexity index is 461. The lowest BCUT2D eigenvalue weighted by Gasteiger charge is -2.19. The molecule has 3 rings (SSSR count). The summed E-state index contributed by atoms with van der Waals surface area (Å²) < 4.78 is 5.91. The molecule has 1 N–H and O–H groups in total.